The van der Waals surface area contributed by atoms with Crippen molar-refractivity contribution in [1.29, 1.82) is 0 Å². The molecule has 0 heterocycles. The molecular weight excluding hydrogens is 250 g/mol. The Kier molecular flexibility index (Phi) is 5.53. The van der Waals surface area contributed by atoms with Gasteiger partial charge in [0.05, 0.1) is 7.11 Å². The third-order valence-corrected chi connectivity index (χ3v) is 2.16. The quantitative estimate of drug-likeness (QED) is 0.760. The van der Waals surface area contributed by atoms with Gasteiger partial charge in [-0.15, -0.1) is 0 Å². The number of Topliss-reactive ketones (excluding diaryl/α,β-unsaturated/α-hetero) is 1. The normalized spacial score (nSPS) is 9.58. The number of carbonyl (C=O) groups is 3. The Morgan fingerprint density at radius 1 is 1.26 bits per heavy atom. The molecule has 1 rings (SSSR count). The molecule has 0 aliphatic heterocycles. The maximum absolute atomic E-state index is 11.7. The number of methoxy groups -OCH3 is 1. The summed E-state index contributed by atoms with van der Waals surface area (Å²) in [7, 11) is 1.50. The molecule has 19 heavy (non-hydrogen) atoms. The SMILES string of the molecule is COc1cccc(C(=O)NCC(=O)OCC(C)=O)c1. The number of ketones is 1. The summed E-state index contributed by atoms with van der Waals surface area (Å²) in [5.74, 6) is -0.788. The molecule has 0 unspecified atom stereocenters. The van der Waals surface area contributed by atoms with Crippen molar-refractivity contribution < 1.29 is 23.9 Å². The maximum atomic E-state index is 11.7. The first-order valence-electron chi connectivity index (χ1n) is 5.60. The highest BCUT2D eigenvalue weighted by atomic mass is 16.5. The predicted molar refractivity (Wildman–Crippen MR) is 67.0 cm³/mol. The first kappa shape index (κ1) is 14.7. The summed E-state index contributed by atoms with van der Waals surface area (Å²) >= 11 is 0. The Balaban J connectivity index is 2.46. The van der Waals surface area contributed by atoms with Crippen LogP contribution in [0.3, 0.4) is 0 Å². The number of ether oxygens (including phenoxy) is 2. The summed E-state index contributed by atoms with van der Waals surface area (Å²) in [4.78, 5) is 33.5. The third-order valence-electron chi connectivity index (χ3n) is 2.16. The van der Waals surface area contributed by atoms with Crippen molar-refractivity contribution in [2.24, 2.45) is 0 Å². The Morgan fingerprint density at radius 3 is 2.63 bits per heavy atom. The number of hydrogen-bond donors (Lipinski definition) is 1. The molecule has 1 amide bonds. The van der Waals surface area contributed by atoms with Gasteiger partial charge in [0.1, 0.15) is 18.9 Å². The largest absolute Gasteiger partial charge is 0.497 e. The van der Waals surface area contributed by atoms with E-state index in [1.807, 2.05) is 0 Å². The Morgan fingerprint density at radius 2 is 2.00 bits per heavy atom. The van der Waals surface area contributed by atoms with E-state index >= 15 is 0 Å². The van der Waals surface area contributed by atoms with E-state index < -0.39 is 11.9 Å². The van der Waals surface area contributed by atoms with Crippen molar-refractivity contribution in [3.8, 4) is 5.75 Å². The van der Waals surface area contributed by atoms with Gasteiger partial charge in [-0.25, -0.2) is 0 Å². The van der Waals surface area contributed by atoms with E-state index in [1.54, 1.807) is 24.3 Å². The van der Waals surface area contributed by atoms with Crippen LogP contribution < -0.4 is 10.1 Å². The van der Waals surface area contributed by atoms with E-state index in [9.17, 15) is 14.4 Å². The van der Waals surface area contributed by atoms with Crippen molar-refractivity contribution in [2.45, 2.75) is 6.92 Å². The van der Waals surface area contributed by atoms with Crippen molar-refractivity contribution in [2.75, 3.05) is 20.3 Å². The Hall–Kier alpha value is -2.37. The molecule has 6 heteroatoms. The molecule has 0 saturated carbocycles. The predicted octanol–water partition coefficient (Wildman–Crippen LogP) is 0.557. The van der Waals surface area contributed by atoms with Crippen molar-refractivity contribution >= 4 is 17.7 Å². The topological polar surface area (TPSA) is 81.7 Å². The molecule has 0 spiro atoms. The molecule has 0 aliphatic carbocycles. The Bertz CT molecular complexity index is 484. The van der Waals surface area contributed by atoms with Crippen LogP contribution in [0.1, 0.15) is 17.3 Å². The van der Waals surface area contributed by atoms with Crippen LogP contribution in [0, 0.1) is 0 Å². The molecule has 0 saturated heterocycles. The zero-order chi connectivity index (χ0) is 14.3. The second-order valence-corrected chi connectivity index (χ2v) is 3.78. The number of benzene rings is 1. The zero-order valence-electron chi connectivity index (χ0n) is 10.8. The third kappa shape index (κ3) is 5.20. The summed E-state index contributed by atoms with van der Waals surface area (Å²) in [6.07, 6.45) is 0. The van der Waals surface area contributed by atoms with E-state index in [1.165, 1.54) is 14.0 Å². The summed E-state index contributed by atoms with van der Waals surface area (Å²) < 4.78 is 9.59. The lowest BCUT2D eigenvalue weighted by Crippen LogP contribution is -2.31. The molecule has 0 atom stereocenters. The van der Waals surface area contributed by atoms with Crippen LogP contribution in [0.5, 0.6) is 5.75 Å². The van der Waals surface area contributed by atoms with Crippen LogP contribution in [0.25, 0.3) is 0 Å². The lowest BCUT2D eigenvalue weighted by molar-refractivity contribution is -0.146. The van der Waals surface area contributed by atoms with Gasteiger partial charge in [0.15, 0.2) is 5.78 Å². The lowest BCUT2D eigenvalue weighted by atomic mass is 10.2. The minimum atomic E-state index is -0.661. The number of amides is 1. The molecular formula is C13H15NO5. The second-order valence-electron chi connectivity index (χ2n) is 3.78. The van der Waals surface area contributed by atoms with Crippen LogP contribution in [0.2, 0.25) is 0 Å². The number of nitrogens with one attached hydrogen (secondary N) is 1. The molecule has 0 aliphatic rings. The van der Waals surface area contributed by atoms with Crippen molar-refractivity contribution in [3.63, 3.8) is 0 Å². The fourth-order valence-electron chi connectivity index (χ4n) is 1.25. The molecule has 0 radical (unpaired) electrons. The van der Waals surface area contributed by atoms with E-state index in [4.69, 9.17) is 4.74 Å². The number of carbonyl (C=O) groups excluding carboxylic acids is 3. The number of hydrogen-bond acceptors (Lipinski definition) is 5. The van der Waals surface area contributed by atoms with Gasteiger partial charge in [-0.3, -0.25) is 14.4 Å². The summed E-state index contributed by atoms with van der Waals surface area (Å²) in [6, 6.07) is 6.52. The van der Waals surface area contributed by atoms with Crippen molar-refractivity contribution in [1.82, 2.24) is 5.32 Å². The van der Waals surface area contributed by atoms with Crippen LogP contribution in [-0.2, 0) is 14.3 Å². The number of esters is 1. The highest BCUT2D eigenvalue weighted by Gasteiger charge is 2.10. The standard InChI is InChI=1S/C13H15NO5/c1-9(15)8-19-12(16)7-14-13(17)10-4-3-5-11(6-10)18-2/h3-6H,7-8H2,1-2H3,(H,14,17). The van der Waals surface area contributed by atoms with Gasteiger partial charge in [0.25, 0.3) is 5.91 Å². The maximum Gasteiger partial charge on any atom is 0.325 e. The minimum Gasteiger partial charge on any atom is -0.497 e. The molecule has 1 N–H and O–H groups in total. The molecule has 6 nitrogen and oxygen atoms in total. The summed E-state index contributed by atoms with van der Waals surface area (Å²) in [5.41, 5.74) is 0.374. The van der Waals surface area contributed by atoms with Crippen LogP contribution in [0.4, 0.5) is 0 Å². The van der Waals surface area contributed by atoms with E-state index in [0.717, 1.165) is 0 Å². The summed E-state index contributed by atoms with van der Waals surface area (Å²) in [6.45, 7) is 0.735. The average Bonchev–Trinajstić information content (AvgIpc) is 2.42. The fourth-order valence-corrected chi connectivity index (χ4v) is 1.25. The molecule has 0 aromatic heterocycles. The first-order chi connectivity index (χ1) is 9.02. The van der Waals surface area contributed by atoms with Gasteiger partial charge >= 0.3 is 5.97 Å². The minimum absolute atomic E-state index is 0.257. The van der Waals surface area contributed by atoms with Crippen molar-refractivity contribution in [3.05, 3.63) is 29.8 Å². The van der Waals surface area contributed by atoms with E-state index in [2.05, 4.69) is 10.1 Å². The van der Waals surface area contributed by atoms with Gasteiger partial charge < -0.3 is 14.8 Å². The molecule has 102 valence electrons. The number of rotatable bonds is 6. The Labute approximate surface area is 110 Å². The lowest BCUT2D eigenvalue weighted by Gasteiger charge is -2.06. The molecule has 1 aromatic rings. The second kappa shape index (κ2) is 7.15. The van der Waals surface area contributed by atoms with E-state index in [0.29, 0.717) is 11.3 Å². The average molecular weight is 265 g/mol. The highest BCUT2D eigenvalue weighted by molar-refractivity contribution is 5.96. The van der Waals surface area contributed by atoms with E-state index in [-0.39, 0.29) is 18.9 Å². The fraction of sp³-hybridized carbons (Fsp3) is 0.308. The first-order valence-corrected chi connectivity index (χ1v) is 5.60. The van der Waals surface area contributed by atoms with Gasteiger partial charge in [-0.05, 0) is 25.1 Å². The van der Waals surface area contributed by atoms with Gasteiger partial charge in [-0.1, -0.05) is 6.07 Å². The van der Waals surface area contributed by atoms with Gasteiger partial charge in [0.2, 0.25) is 0 Å². The highest BCUT2D eigenvalue weighted by Crippen LogP contribution is 2.12. The molecule has 0 fully saturated rings. The van der Waals surface area contributed by atoms with Crippen LogP contribution in [0.15, 0.2) is 24.3 Å². The van der Waals surface area contributed by atoms with Crippen LogP contribution >= 0.6 is 0 Å². The van der Waals surface area contributed by atoms with Gasteiger partial charge in [-0.2, -0.15) is 0 Å². The monoisotopic (exact) mass is 265 g/mol. The smallest absolute Gasteiger partial charge is 0.325 e. The van der Waals surface area contributed by atoms with Gasteiger partial charge in [0, 0.05) is 5.56 Å². The van der Waals surface area contributed by atoms with Crippen LogP contribution in [-0.4, -0.2) is 37.9 Å². The molecule has 0 bridgehead atoms. The molecule has 1 aromatic carbocycles. The zero-order valence-corrected chi connectivity index (χ0v) is 10.8. The summed E-state index contributed by atoms with van der Waals surface area (Å²) in [5, 5.41) is 2.39.